The molecule has 1 fully saturated rings. The molecule has 2 heterocycles. The van der Waals surface area contributed by atoms with Gasteiger partial charge < -0.3 is 10.1 Å². The van der Waals surface area contributed by atoms with E-state index >= 15 is 0 Å². The van der Waals surface area contributed by atoms with Crippen molar-refractivity contribution in [3.05, 3.63) is 21.9 Å². The molecule has 0 aliphatic carbocycles. The molecule has 0 aromatic carbocycles. The van der Waals surface area contributed by atoms with Crippen molar-refractivity contribution >= 4 is 11.3 Å². The largest absolute Gasteiger partial charge is 0.367 e. The Bertz CT molecular complexity index is 334. The van der Waals surface area contributed by atoms with Crippen molar-refractivity contribution in [3.8, 4) is 0 Å². The van der Waals surface area contributed by atoms with Gasteiger partial charge in [-0.05, 0) is 36.3 Å². The second-order valence-electron chi connectivity index (χ2n) is 5.00. The fraction of sp³-hybridized carbons (Fsp3) is 0.692. The molecule has 1 aromatic heterocycles. The van der Waals surface area contributed by atoms with E-state index in [1.54, 1.807) is 0 Å². The summed E-state index contributed by atoms with van der Waals surface area (Å²) in [7, 11) is 0. The van der Waals surface area contributed by atoms with E-state index < -0.39 is 0 Å². The van der Waals surface area contributed by atoms with Gasteiger partial charge in [-0.2, -0.15) is 0 Å². The molecule has 0 amide bonds. The van der Waals surface area contributed by atoms with Crippen molar-refractivity contribution in [2.45, 2.75) is 39.4 Å². The van der Waals surface area contributed by atoms with Gasteiger partial charge in [-0.25, -0.2) is 0 Å². The van der Waals surface area contributed by atoms with Crippen molar-refractivity contribution in [2.24, 2.45) is 5.92 Å². The maximum Gasteiger partial charge on any atom is 0.105 e. The number of thiophene rings is 1. The molecule has 1 saturated heterocycles. The van der Waals surface area contributed by atoms with Crippen LogP contribution < -0.4 is 5.32 Å². The number of aryl methyl sites for hydroxylation is 1. The Hall–Kier alpha value is -0.380. The highest BCUT2D eigenvalue weighted by Crippen LogP contribution is 2.30. The first-order valence-corrected chi connectivity index (χ1v) is 6.95. The van der Waals surface area contributed by atoms with Crippen LogP contribution in [-0.2, 0) is 4.74 Å². The Morgan fingerprint density at radius 2 is 2.31 bits per heavy atom. The lowest BCUT2D eigenvalue weighted by Gasteiger charge is -2.31. The van der Waals surface area contributed by atoms with Crippen LogP contribution in [0.3, 0.4) is 0 Å². The summed E-state index contributed by atoms with van der Waals surface area (Å²) in [6.45, 7) is 8.63. The average molecular weight is 239 g/mol. The van der Waals surface area contributed by atoms with Crippen LogP contribution in [0.2, 0.25) is 0 Å². The van der Waals surface area contributed by atoms with E-state index in [2.05, 4.69) is 37.5 Å². The average Bonchev–Trinajstić information content (AvgIpc) is 2.64. The molecule has 1 N–H and O–H groups in total. The van der Waals surface area contributed by atoms with Gasteiger partial charge in [0.05, 0.1) is 6.10 Å². The van der Waals surface area contributed by atoms with Gasteiger partial charge in [0.15, 0.2) is 0 Å². The van der Waals surface area contributed by atoms with Gasteiger partial charge >= 0.3 is 0 Å². The van der Waals surface area contributed by atoms with E-state index in [0.29, 0.717) is 12.0 Å². The summed E-state index contributed by atoms with van der Waals surface area (Å²) in [5.41, 5.74) is 1.36. The van der Waals surface area contributed by atoms with E-state index in [1.165, 1.54) is 10.4 Å². The summed E-state index contributed by atoms with van der Waals surface area (Å²) in [4.78, 5) is 1.39. The first kappa shape index (κ1) is 12.1. The zero-order chi connectivity index (χ0) is 11.5. The van der Waals surface area contributed by atoms with Crippen molar-refractivity contribution in [1.82, 2.24) is 5.32 Å². The third kappa shape index (κ3) is 2.84. The quantitative estimate of drug-likeness (QED) is 0.875. The third-order valence-electron chi connectivity index (χ3n) is 2.99. The molecule has 2 unspecified atom stereocenters. The number of hydrogen-bond donors (Lipinski definition) is 1. The predicted octanol–water partition coefficient (Wildman–Crippen LogP) is 3.13. The van der Waals surface area contributed by atoms with Gasteiger partial charge in [0, 0.05) is 18.0 Å². The third-order valence-corrected chi connectivity index (χ3v) is 4.10. The van der Waals surface area contributed by atoms with E-state index in [1.807, 2.05) is 11.3 Å². The molecule has 1 aliphatic heterocycles. The fourth-order valence-electron chi connectivity index (χ4n) is 2.24. The van der Waals surface area contributed by atoms with Gasteiger partial charge in [-0.1, -0.05) is 13.8 Å². The van der Waals surface area contributed by atoms with E-state index in [0.717, 1.165) is 19.5 Å². The lowest BCUT2D eigenvalue weighted by Crippen LogP contribution is -2.41. The van der Waals surface area contributed by atoms with Crippen LogP contribution in [0, 0.1) is 12.8 Å². The minimum atomic E-state index is 0.262. The minimum absolute atomic E-state index is 0.262. The predicted molar refractivity (Wildman–Crippen MR) is 69.0 cm³/mol. The SMILES string of the molecule is Cc1ccsc1C1CNCC(CC(C)C)O1. The van der Waals surface area contributed by atoms with Crippen LogP contribution in [-0.4, -0.2) is 19.2 Å². The minimum Gasteiger partial charge on any atom is -0.367 e. The lowest BCUT2D eigenvalue weighted by molar-refractivity contribution is -0.0459. The number of nitrogens with one attached hydrogen (secondary N) is 1. The Morgan fingerprint density at radius 3 is 2.94 bits per heavy atom. The maximum absolute atomic E-state index is 6.17. The second kappa shape index (κ2) is 5.30. The number of rotatable bonds is 3. The molecule has 1 aliphatic rings. The molecule has 0 radical (unpaired) electrons. The Morgan fingerprint density at radius 1 is 1.50 bits per heavy atom. The molecule has 90 valence electrons. The Labute approximate surface area is 102 Å². The number of morpholine rings is 1. The first-order chi connectivity index (χ1) is 7.66. The molecule has 2 rings (SSSR count). The fourth-order valence-corrected chi connectivity index (χ4v) is 3.20. The van der Waals surface area contributed by atoms with Crippen LogP contribution in [0.4, 0.5) is 0 Å². The van der Waals surface area contributed by atoms with Crippen LogP contribution >= 0.6 is 11.3 Å². The highest BCUT2D eigenvalue weighted by atomic mass is 32.1. The second-order valence-corrected chi connectivity index (χ2v) is 5.95. The molecule has 2 nitrogen and oxygen atoms in total. The standard InChI is InChI=1S/C13H21NOS/c1-9(2)6-11-7-14-8-12(15-11)13-10(3)4-5-16-13/h4-5,9,11-12,14H,6-8H2,1-3H3. The monoisotopic (exact) mass is 239 g/mol. The van der Waals surface area contributed by atoms with Crippen LogP contribution in [0.15, 0.2) is 11.4 Å². The maximum atomic E-state index is 6.17. The van der Waals surface area contributed by atoms with Gasteiger partial charge in [-0.15, -0.1) is 11.3 Å². The topological polar surface area (TPSA) is 21.3 Å². The molecular formula is C13H21NOS. The van der Waals surface area contributed by atoms with Crippen molar-refractivity contribution in [3.63, 3.8) is 0 Å². The summed E-state index contributed by atoms with van der Waals surface area (Å²) in [5.74, 6) is 0.704. The number of ether oxygens (including phenoxy) is 1. The highest BCUT2D eigenvalue weighted by molar-refractivity contribution is 7.10. The lowest BCUT2D eigenvalue weighted by atomic mass is 10.0. The van der Waals surface area contributed by atoms with Gasteiger partial charge in [0.1, 0.15) is 6.10 Å². The molecule has 3 heteroatoms. The zero-order valence-corrected chi connectivity index (χ0v) is 11.1. The van der Waals surface area contributed by atoms with Crippen LogP contribution in [0.25, 0.3) is 0 Å². The van der Waals surface area contributed by atoms with Crippen molar-refractivity contribution < 1.29 is 4.74 Å². The van der Waals surface area contributed by atoms with E-state index in [-0.39, 0.29) is 6.10 Å². The van der Waals surface area contributed by atoms with Crippen LogP contribution in [0.1, 0.15) is 36.8 Å². The van der Waals surface area contributed by atoms with E-state index in [9.17, 15) is 0 Å². The van der Waals surface area contributed by atoms with Gasteiger partial charge in [-0.3, -0.25) is 0 Å². The Balaban J connectivity index is 1.99. The van der Waals surface area contributed by atoms with E-state index in [4.69, 9.17) is 4.74 Å². The molecule has 0 spiro atoms. The van der Waals surface area contributed by atoms with Crippen molar-refractivity contribution in [1.29, 1.82) is 0 Å². The molecule has 2 atom stereocenters. The summed E-state index contributed by atoms with van der Waals surface area (Å²) in [6, 6.07) is 2.18. The molecule has 16 heavy (non-hydrogen) atoms. The van der Waals surface area contributed by atoms with Gasteiger partial charge in [0.25, 0.3) is 0 Å². The molecule has 0 bridgehead atoms. The zero-order valence-electron chi connectivity index (χ0n) is 10.3. The summed E-state index contributed by atoms with van der Waals surface area (Å²) >= 11 is 1.81. The van der Waals surface area contributed by atoms with Gasteiger partial charge in [0.2, 0.25) is 0 Å². The Kier molecular flexibility index (Phi) is 4.00. The van der Waals surface area contributed by atoms with Crippen molar-refractivity contribution in [2.75, 3.05) is 13.1 Å². The summed E-state index contributed by atoms with van der Waals surface area (Å²) < 4.78 is 6.17. The molecular weight excluding hydrogens is 218 g/mol. The van der Waals surface area contributed by atoms with Crippen LogP contribution in [0.5, 0.6) is 0 Å². The number of hydrogen-bond acceptors (Lipinski definition) is 3. The summed E-state index contributed by atoms with van der Waals surface area (Å²) in [6.07, 6.45) is 1.78. The smallest absolute Gasteiger partial charge is 0.105 e. The highest BCUT2D eigenvalue weighted by Gasteiger charge is 2.25. The molecule has 1 aromatic rings. The summed E-state index contributed by atoms with van der Waals surface area (Å²) in [5, 5.41) is 5.64. The first-order valence-electron chi connectivity index (χ1n) is 6.07. The normalized spacial score (nSPS) is 26.2. The molecule has 0 saturated carbocycles.